The molecule has 0 amide bonds. The van der Waals surface area contributed by atoms with Gasteiger partial charge in [0.05, 0.1) is 0 Å². The number of phenolic OH excluding ortho intramolecular Hbond substituents is 4. The molecular formula is C12H8O4S. The van der Waals surface area contributed by atoms with E-state index >= 15 is 0 Å². The second kappa shape index (κ2) is 3.18. The quantitative estimate of drug-likeness (QED) is 0.461. The van der Waals surface area contributed by atoms with Gasteiger partial charge in [-0.3, -0.25) is 0 Å². The number of hydrogen-bond acceptors (Lipinski definition) is 5. The zero-order valence-electron chi connectivity index (χ0n) is 8.51. The predicted molar refractivity (Wildman–Crippen MR) is 66.0 cm³/mol. The summed E-state index contributed by atoms with van der Waals surface area (Å²) in [5, 5.41) is 39.2. The van der Waals surface area contributed by atoms with Gasteiger partial charge in [0.15, 0.2) is 23.0 Å². The van der Waals surface area contributed by atoms with Crippen molar-refractivity contribution in [3.63, 3.8) is 0 Å². The number of phenols is 4. The van der Waals surface area contributed by atoms with Gasteiger partial charge in [-0.1, -0.05) is 0 Å². The highest BCUT2D eigenvalue weighted by Gasteiger charge is 2.11. The Morgan fingerprint density at radius 3 is 1.35 bits per heavy atom. The van der Waals surface area contributed by atoms with E-state index in [-0.39, 0.29) is 23.0 Å². The summed E-state index contributed by atoms with van der Waals surface area (Å²) in [6, 6.07) is 5.81. The SMILES string of the molecule is Oc1cc2sc3cc(O)c(O)cc3c2cc1O. The molecular weight excluding hydrogens is 240 g/mol. The van der Waals surface area contributed by atoms with E-state index in [0.717, 1.165) is 20.2 Å². The summed E-state index contributed by atoms with van der Waals surface area (Å²) in [4.78, 5) is 0. The van der Waals surface area contributed by atoms with Crippen LogP contribution in [0.5, 0.6) is 23.0 Å². The number of aromatic hydroxyl groups is 4. The highest BCUT2D eigenvalue weighted by atomic mass is 32.1. The van der Waals surface area contributed by atoms with Crippen molar-refractivity contribution in [2.24, 2.45) is 0 Å². The summed E-state index contributed by atoms with van der Waals surface area (Å²) in [5.41, 5.74) is 0. The normalized spacial score (nSPS) is 11.3. The number of thiophene rings is 1. The highest BCUT2D eigenvalue weighted by molar-refractivity contribution is 7.25. The van der Waals surface area contributed by atoms with Crippen LogP contribution in [0.3, 0.4) is 0 Å². The van der Waals surface area contributed by atoms with Crippen molar-refractivity contribution in [2.75, 3.05) is 0 Å². The largest absolute Gasteiger partial charge is 0.504 e. The second-order valence-corrected chi connectivity index (χ2v) is 4.86. The van der Waals surface area contributed by atoms with Crippen LogP contribution in [-0.4, -0.2) is 20.4 Å². The van der Waals surface area contributed by atoms with Gasteiger partial charge in [0.2, 0.25) is 0 Å². The molecule has 3 rings (SSSR count). The van der Waals surface area contributed by atoms with Crippen molar-refractivity contribution in [2.45, 2.75) is 0 Å². The molecule has 0 unspecified atom stereocenters. The third-order valence-electron chi connectivity index (χ3n) is 2.66. The topological polar surface area (TPSA) is 80.9 Å². The average molecular weight is 248 g/mol. The first-order chi connectivity index (χ1) is 8.06. The first-order valence-corrected chi connectivity index (χ1v) is 5.68. The first kappa shape index (κ1) is 10.0. The Morgan fingerprint density at radius 2 is 0.941 bits per heavy atom. The van der Waals surface area contributed by atoms with Gasteiger partial charge in [-0.15, -0.1) is 11.3 Å². The van der Waals surface area contributed by atoms with E-state index in [1.807, 2.05) is 0 Å². The maximum Gasteiger partial charge on any atom is 0.158 e. The van der Waals surface area contributed by atoms with E-state index in [2.05, 4.69) is 0 Å². The zero-order chi connectivity index (χ0) is 12.2. The summed E-state index contributed by atoms with van der Waals surface area (Å²) >= 11 is 1.37. The van der Waals surface area contributed by atoms with E-state index < -0.39 is 0 Å². The Kier molecular flexibility index (Phi) is 1.88. The number of hydrogen-bond donors (Lipinski definition) is 4. The second-order valence-electron chi connectivity index (χ2n) is 3.78. The molecule has 0 aliphatic heterocycles. The van der Waals surface area contributed by atoms with Crippen LogP contribution in [0.15, 0.2) is 24.3 Å². The first-order valence-electron chi connectivity index (χ1n) is 4.86. The Balaban J connectivity index is 2.51. The smallest absolute Gasteiger partial charge is 0.158 e. The number of rotatable bonds is 0. The minimum absolute atomic E-state index is 0.183. The maximum atomic E-state index is 9.46. The van der Waals surface area contributed by atoms with Crippen molar-refractivity contribution in [3.8, 4) is 23.0 Å². The van der Waals surface area contributed by atoms with Crippen molar-refractivity contribution >= 4 is 31.5 Å². The molecule has 86 valence electrons. The zero-order valence-corrected chi connectivity index (χ0v) is 9.32. The van der Waals surface area contributed by atoms with Gasteiger partial charge in [0, 0.05) is 32.3 Å². The summed E-state index contributed by atoms with van der Waals surface area (Å²) < 4.78 is 1.56. The van der Waals surface area contributed by atoms with Gasteiger partial charge in [-0.05, 0) is 12.1 Å². The molecule has 0 aliphatic carbocycles. The molecule has 4 nitrogen and oxygen atoms in total. The van der Waals surface area contributed by atoms with Crippen LogP contribution in [0.1, 0.15) is 0 Å². The van der Waals surface area contributed by atoms with Crippen LogP contribution in [0.25, 0.3) is 20.2 Å². The fourth-order valence-electron chi connectivity index (χ4n) is 1.82. The van der Waals surface area contributed by atoms with Gasteiger partial charge in [-0.25, -0.2) is 0 Å². The van der Waals surface area contributed by atoms with Crippen molar-refractivity contribution in [1.82, 2.24) is 0 Å². The van der Waals surface area contributed by atoms with Gasteiger partial charge in [0.1, 0.15) is 0 Å². The Hall–Kier alpha value is -2.14. The van der Waals surface area contributed by atoms with E-state index in [4.69, 9.17) is 0 Å². The van der Waals surface area contributed by atoms with Crippen LogP contribution in [0.4, 0.5) is 0 Å². The molecule has 0 bridgehead atoms. The molecule has 0 saturated heterocycles. The van der Waals surface area contributed by atoms with Crippen molar-refractivity contribution in [1.29, 1.82) is 0 Å². The Labute approximate surface area is 99.6 Å². The van der Waals surface area contributed by atoms with E-state index in [9.17, 15) is 20.4 Å². The van der Waals surface area contributed by atoms with Crippen LogP contribution < -0.4 is 0 Å². The molecule has 0 radical (unpaired) electrons. The average Bonchev–Trinajstić information content (AvgIpc) is 2.58. The minimum atomic E-state index is -0.204. The summed E-state index contributed by atoms with van der Waals surface area (Å²) in [5.74, 6) is -0.774. The molecule has 0 saturated carbocycles. The maximum absolute atomic E-state index is 9.46. The molecule has 0 atom stereocenters. The molecule has 4 N–H and O–H groups in total. The lowest BCUT2D eigenvalue weighted by molar-refractivity contribution is 0.404. The van der Waals surface area contributed by atoms with Crippen LogP contribution in [0, 0.1) is 0 Å². The van der Waals surface area contributed by atoms with Gasteiger partial charge < -0.3 is 20.4 Å². The minimum Gasteiger partial charge on any atom is -0.504 e. The molecule has 3 aromatic rings. The monoisotopic (exact) mass is 248 g/mol. The van der Waals surface area contributed by atoms with Crippen LogP contribution >= 0.6 is 11.3 Å². The summed E-state index contributed by atoms with van der Waals surface area (Å²) in [7, 11) is 0. The third-order valence-corrected chi connectivity index (χ3v) is 3.78. The lowest BCUT2D eigenvalue weighted by atomic mass is 10.1. The number of fused-ring (bicyclic) bond motifs is 3. The van der Waals surface area contributed by atoms with E-state index in [0.29, 0.717) is 0 Å². The predicted octanol–water partition coefficient (Wildman–Crippen LogP) is 2.88. The molecule has 5 heteroatoms. The molecule has 1 aromatic heterocycles. The fourth-order valence-corrected chi connectivity index (χ4v) is 2.96. The highest BCUT2D eigenvalue weighted by Crippen LogP contribution is 2.43. The summed E-state index contributed by atoms with van der Waals surface area (Å²) in [6.45, 7) is 0. The molecule has 0 fully saturated rings. The Morgan fingerprint density at radius 1 is 0.588 bits per heavy atom. The van der Waals surface area contributed by atoms with Gasteiger partial charge in [0.25, 0.3) is 0 Å². The lowest BCUT2D eigenvalue weighted by Crippen LogP contribution is -1.71. The van der Waals surface area contributed by atoms with Gasteiger partial charge in [-0.2, -0.15) is 0 Å². The third kappa shape index (κ3) is 1.36. The van der Waals surface area contributed by atoms with Crippen LogP contribution in [-0.2, 0) is 0 Å². The van der Waals surface area contributed by atoms with Crippen molar-refractivity contribution in [3.05, 3.63) is 24.3 Å². The van der Waals surface area contributed by atoms with E-state index in [1.54, 1.807) is 0 Å². The lowest BCUT2D eigenvalue weighted by Gasteiger charge is -1.98. The van der Waals surface area contributed by atoms with Gasteiger partial charge >= 0.3 is 0 Å². The van der Waals surface area contributed by atoms with Crippen LogP contribution in [0.2, 0.25) is 0 Å². The molecule has 0 spiro atoms. The number of benzene rings is 2. The van der Waals surface area contributed by atoms with Crippen molar-refractivity contribution < 1.29 is 20.4 Å². The Bertz CT molecular complexity index is 683. The molecule has 0 aliphatic rings. The van der Waals surface area contributed by atoms with E-state index in [1.165, 1.54) is 35.6 Å². The molecule has 17 heavy (non-hydrogen) atoms. The molecule has 1 heterocycles. The standard InChI is InChI=1S/C12H8O4S/c13-7-1-5-6-2-8(14)10(16)4-12(6)17-11(5)3-9(7)15/h1-4,13-16H. The molecule has 2 aromatic carbocycles. The fraction of sp³-hybridized carbons (Fsp3) is 0. The summed E-state index contributed by atoms with van der Waals surface area (Å²) in [6.07, 6.45) is 0.